The number of esters is 1. The topological polar surface area (TPSA) is 431 Å². The molecule has 5 aromatic carbocycles. The molecule has 5 N–H and O–H groups in total. The molecule has 6 rings (SSSR count). The summed E-state index contributed by atoms with van der Waals surface area (Å²) in [4.78, 5) is 133. The van der Waals surface area contributed by atoms with E-state index in [2.05, 4.69) is 67.1 Å². The van der Waals surface area contributed by atoms with Crippen molar-refractivity contribution in [3.05, 3.63) is 171 Å². The van der Waals surface area contributed by atoms with E-state index in [0.717, 1.165) is 57.3 Å². The molecule has 0 saturated carbocycles. The molecule has 1 aliphatic heterocycles. The average Bonchev–Trinajstić information content (AvgIpc) is 0.816. The molecule has 718 valence electrons. The van der Waals surface area contributed by atoms with E-state index in [1.807, 2.05) is 74.4 Å². The number of hydrogen-bond donors (Lipinski definition) is 4. The molecular formula is C97H153N5Na2O23S2. The Morgan fingerprint density at radius 2 is 0.829 bits per heavy atom. The number of carbonyl (C=O) groups excluding carboxylic acids is 12. The van der Waals surface area contributed by atoms with Crippen LogP contribution in [0.2, 0.25) is 0 Å². The Hall–Kier alpha value is -7.08. The Labute approximate surface area is 817 Å². The number of nitrogens with zero attached hydrogens (tertiary/aromatic N) is 1. The minimum absolute atomic E-state index is 0. The predicted molar refractivity (Wildman–Crippen MR) is 501 cm³/mol. The molecule has 0 aliphatic carbocycles. The number of hydrogen-bond acceptors (Lipinski definition) is 25. The first kappa shape index (κ1) is 135. The third kappa shape index (κ3) is 71.3. The number of nitrogens with two attached hydrogens (primary N) is 1. The van der Waals surface area contributed by atoms with Crippen LogP contribution >= 0.6 is 0 Å². The summed E-state index contributed by atoms with van der Waals surface area (Å²) in [5, 5.41) is 8.83. The maximum Gasteiger partial charge on any atom is 1.00 e. The van der Waals surface area contributed by atoms with Gasteiger partial charge in [0.25, 0.3) is 0 Å². The fourth-order valence-corrected chi connectivity index (χ4v) is 11.1. The third-order valence-electron chi connectivity index (χ3n) is 19.2. The average molecular weight is 1870 g/mol. The first-order valence-corrected chi connectivity index (χ1v) is 46.2. The number of morpholine rings is 1. The monoisotopic (exact) mass is 1870 g/mol. The molecule has 129 heavy (non-hydrogen) atoms. The van der Waals surface area contributed by atoms with E-state index in [9.17, 15) is 83.5 Å². The van der Waals surface area contributed by atoms with Gasteiger partial charge >= 0.3 is 65.1 Å². The normalized spacial score (nSPS) is 12.0. The number of methoxy groups -OCH3 is 2. The molecule has 1 heterocycles. The zero-order valence-corrected chi connectivity index (χ0v) is 88.5. The number of amides is 3. The maximum absolute atomic E-state index is 11.6. The van der Waals surface area contributed by atoms with Gasteiger partial charge in [-0.2, -0.15) is 0 Å². The van der Waals surface area contributed by atoms with Gasteiger partial charge in [-0.25, -0.2) is 16.8 Å². The third-order valence-corrected chi connectivity index (χ3v) is 21.1. The van der Waals surface area contributed by atoms with Crippen molar-refractivity contribution in [1.29, 1.82) is 0 Å². The predicted octanol–water partition coefficient (Wildman–Crippen LogP) is 10.4. The van der Waals surface area contributed by atoms with Gasteiger partial charge in [0.15, 0.2) is 46.3 Å². The summed E-state index contributed by atoms with van der Waals surface area (Å²) in [6.45, 7) is 46.6. The Kier molecular flexibility index (Phi) is 82.0. The number of ketones is 8. The van der Waals surface area contributed by atoms with Crippen LogP contribution < -0.4 is 80.8 Å². The van der Waals surface area contributed by atoms with Gasteiger partial charge in [-0.3, -0.25) is 57.5 Å². The number of carbonyl (C=O) groups is 12. The van der Waals surface area contributed by atoms with Gasteiger partial charge in [-0.1, -0.05) is 193 Å². The van der Waals surface area contributed by atoms with Crippen molar-refractivity contribution in [1.82, 2.24) is 20.9 Å². The molecule has 32 heteroatoms. The number of unbranched alkanes of at least 4 members (excludes halogenated alkanes) is 4. The Balaban J connectivity index is -0.000000255. The number of benzene rings is 5. The van der Waals surface area contributed by atoms with Gasteiger partial charge in [0.05, 0.1) is 72.9 Å². The van der Waals surface area contributed by atoms with Crippen molar-refractivity contribution in [2.75, 3.05) is 106 Å². The van der Waals surface area contributed by atoms with Crippen LogP contribution in [-0.4, -0.2) is 213 Å². The van der Waals surface area contributed by atoms with E-state index in [1.165, 1.54) is 126 Å². The second-order valence-electron chi connectivity index (χ2n) is 31.4. The molecule has 0 radical (unpaired) electrons. The summed E-state index contributed by atoms with van der Waals surface area (Å²) < 4.78 is 88.8. The second kappa shape index (κ2) is 78.4. The molecule has 5 aromatic rings. The van der Waals surface area contributed by atoms with Gasteiger partial charge in [0.2, 0.25) is 17.7 Å². The van der Waals surface area contributed by atoms with Crippen molar-refractivity contribution in [3.63, 3.8) is 0 Å². The van der Waals surface area contributed by atoms with Crippen molar-refractivity contribution in [2.24, 2.45) is 28.9 Å². The number of Topliss-reactive ketones (excluding diaryl/α,β-unsaturated/α-hetero) is 8. The summed E-state index contributed by atoms with van der Waals surface area (Å²) in [5.74, 6) is -0.909. The fraction of sp³-hybridized carbons (Fsp3) is 0.567. The molecular weight excluding hydrogens is 1710 g/mol. The zero-order chi connectivity index (χ0) is 98.7. The number of primary amides is 1. The minimum Gasteiger partial charge on any atom is -0.748 e. The molecule has 1 aliphatic rings. The molecule has 28 nitrogen and oxygen atoms in total. The van der Waals surface area contributed by atoms with Gasteiger partial charge in [0, 0.05) is 94.6 Å². The van der Waals surface area contributed by atoms with E-state index in [4.69, 9.17) is 29.4 Å². The first-order chi connectivity index (χ1) is 59.3. The molecule has 4 unspecified atom stereocenters. The van der Waals surface area contributed by atoms with Crippen molar-refractivity contribution in [3.8, 4) is 0 Å². The Morgan fingerprint density at radius 3 is 1.12 bits per heavy atom. The van der Waals surface area contributed by atoms with Crippen LogP contribution in [0.5, 0.6) is 0 Å². The molecule has 3 amide bonds. The SMILES string of the molecule is CC(=O)c1cc(C(C)=O)cc(S(=O)(=O)[O-])c1.CC(=O)c1ccc(C(C)=O)cc1.CC(=O)c1cccc(C(C)=O)c1.CC(=O)c1cccc(C(C)=O)c1.CCC(C)(C)C(N)=O.CCC(C)C(=O)N1CCOCC1.CCC(C)C(=O)NC(C)(C)CS(=O)(=O)[O-].CCC(C)c1ccccc1.CCCCOC(=O)C(C)CC.CNCCCCCCNC.COCCOCCOC.[Na+].[Na+]. The molecule has 1 saturated heterocycles. The van der Waals surface area contributed by atoms with Crippen LogP contribution in [-0.2, 0) is 63.1 Å². The van der Waals surface area contributed by atoms with Crippen LogP contribution in [0.1, 0.15) is 317 Å². The van der Waals surface area contributed by atoms with Crippen LogP contribution in [0.15, 0.2) is 126 Å². The van der Waals surface area contributed by atoms with Gasteiger partial charge < -0.3 is 59.4 Å². The summed E-state index contributed by atoms with van der Waals surface area (Å²) >= 11 is 0. The largest absolute Gasteiger partial charge is 1.00 e. The molecule has 0 bridgehead atoms. The molecule has 0 aromatic heterocycles. The fourth-order valence-electron chi connectivity index (χ4n) is 9.56. The summed E-state index contributed by atoms with van der Waals surface area (Å²) in [6, 6.07) is 34.0. The number of ether oxygens (including phenoxy) is 5. The van der Waals surface area contributed by atoms with Crippen LogP contribution in [0.25, 0.3) is 0 Å². The van der Waals surface area contributed by atoms with E-state index in [0.29, 0.717) is 92.0 Å². The molecule has 4 atom stereocenters. The Bertz CT molecular complexity index is 4050. The second-order valence-corrected chi connectivity index (χ2v) is 34.2. The van der Waals surface area contributed by atoms with Gasteiger partial charge in [-0.05, 0) is 190 Å². The van der Waals surface area contributed by atoms with Crippen molar-refractivity contribution in [2.45, 2.75) is 239 Å². The van der Waals surface area contributed by atoms with Gasteiger partial charge in [-0.15, -0.1) is 0 Å². The van der Waals surface area contributed by atoms with Crippen LogP contribution in [0.3, 0.4) is 0 Å². The summed E-state index contributed by atoms with van der Waals surface area (Å²) in [6.07, 6.45) is 11.9. The van der Waals surface area contributed by atoms with Crippen LogP contribution in [0.4, 0.5) is 0 Å². The minimum atomic E-state index is -4.67. The standard InChI is InChI=1S/C10H10O5S.3C10H10O2.C10H14.C9H19NO4S.C9H17NO2.C9H18O2.C8H20N2.C6H13NO.C6H14O3.2Na/c1-6(11)8-3-9(7(2)12)5-10(4-8)16(13,14)15;1-7(11)9-3-5-10(6-4-9)8(2)12;2*1-7(11)9-4-3-5-10(6-9)8(2)12;1-3-9(2)10-7-5-4-6-8-10;1-5-7(2)8(11)10-9(3,4)6-15(12,13)14;1-3-8(2)9(11)10-4-6-12-7-5-10;1-4-6-7-11-9(10)8(3)5-2;1-9-7-5-3-4-6-8-10-2;1-4-6(2,3)5(7)8;1-7-3-5-9-6-4-8-2;;/h3-5H,1-2H3,(H,13,14,15);3*3-6H,1-2H3;4-9H,3H2,1-2H3;7H,5-6H2,1-4H3,(H,10,11)(H,12,13,14);8H,3-7H2,1-2H3;8H,4-7H2,1-3H3;9-10H,3-8H2,1-2H3;4H2,1-3H3,(H2,7,8);3-6H2,1-2H3;;/q;;;;;;;;;;;2*+1/p-2. The van der Waals surface area contributed by atoms with Crippen LogP contribution in [0, 0.1) is 23.2 Å². The quantitative estimate of drug-likeness (QED) is 0.00937. The van der Waals surface area contributed by atoms with E-state index < -0.39 is 48.0 Å². The maximum atomic E-state index is 11.6. The number of rotatable bonds is 38. The summed E-state index contributed by atoms with van der Waals surface area (Å²) in [5.41, 5.74) is 8.84. The molecule has 1 fully saturated rings. The van der Waals surface area contributed by atoms with Gasteiger partial charge in [0.1, 0.15) is 10.1 Å². The first-order valence-electron chi connectivity index (χ1n) is 43.2. The van der Waals surface area contributed by atoms with E-state index >= 15 is 0 Å². The van der Waals surface area contributed by atoms with E-state index in [1.54, 1.807) is 93.9 Å². The zero-order valence-electron chi connectivity index (χ0n) is 82.9. The smallest absolute Gasteiger partial charge is 0.748 e. The van der Waals surface area contributed by atoms with Crippen molar-refractivity contribution < 1.29 is 166 Å². The molecule has 0 spiro atoms. The van der Waals surface area contributed by atoms with E-state index in [-0.39, 0.29) is 152 Å². The Morgan fingerprint density at radius 1 is 0.465 bits per heavy atom. The number of nitrogens with one attached hydrogen (secondary N) is 3. The van der Waals surface area contributed by atoms with Crippen molar-refractivity contribution >= 4 is 90.2 Å². The summed E-state index contributed by atoms with van der Waals surface area (Å²) in [7, 11) is -1.67.